The van der Waals surface area contributed by atoms with Crippen LogP contribution in [0.3, 0.4) is 0 Å². The molecule has 10 heteroatoms. The lowest BCUT2D eigenvalue weighted by molar-refractivity contribution is -0.137. The molecule has 0 unspecified atom stereocenters. The molecule has 6 nitrogen and oxygen atoms in total. The van der Waals surface area contributed by atoms with E-state index < -0.39 is 17.8 Å². The maximum Gasteiger partial charge on any atom is 0.416 e. The molecule has 1 aromatic heterocycles. The lowest BCUT2D eigenvalue weighted by atomic mass is 10.1. The fourth-order valence-corrected chi connectivity index (χ4v) is 2.93. The van der Waals surface area contributed by atoms with Crippen LogP contribution in [0.5, 0.6) is 0 Å². The third kappa shape index (κ3) is 5.29. The third-order valence-electron chi connectivity index (χ3n) is 4.39. The van der Waals surface area contributed by atoms with Gasteiger partial charge in [0, 0.05) is 17.1 Å². The van der Waals surface area contributed by atoms with Gasteiger partial charge in [0.05, 0.1) is 11.3 Å². The van der Waals surface area contributed by atoms with Gasteiger partial charge in [-0.1, -0.05) is 37.6 Å². The summed E-state index contributed by atoms with van der Waals surface area (Å²) in [6.07, 6.45) is -4.45. The molecule has 31 heavy (non-hydrogen) atoms. The van der Waals surface area contributed by atoms with Gasteiger partial charge < -0.3 is 16.4 Å². The van der Waals surface area contributed by atoms with E-state index in [1.165, 1.54) is 16.8 Å². The van der Waals surface area contributed by atoms with Gasteiger partial charge in [-0.25, -0.2) is 9.48 Å². The predicted octanol–water partition coefficient (Wildman–Crippen LogP) is 5.57. The highest BCUT2D eigenvalue weighted by Gasteiger charge is 2.30. The van der Waals surface area contributed by atoms with Gasteiger partial charge in [0.1, 0.15) is 11.4 Å². The smallest absolute Gasteiger partial charge is 0.382 e. The van der Waals surface area contributed by atoms with Crippen molar-refractivity contribution in [2.45, 2.75) is 20.0 Å². The van der Waals surface area contributed by atoms with Crippen LogP contribution in [0, 0.1) is 5.92 Å². The first kappa shape index (κ1) is 22.5. The summed E-state index contributed by atoms with van der Waals surface area (Å²) in [4.78, 5) is 12.3. The number of aromatic nitrogens is 2. The SMILES string of the molecule is CC(C)CNC(=O)Nc1c(-c2ccc(Cl)cc2)nn(-c2ccc(C(F)(F)F)cc2)c1N. The van der Waals surface area contributed by atoms with Crippen LogP contribution < -0.4 is 16.4 Å². The van der Waals surface area contributed by atoms with E-state index in [1.807, 2.05) is 13.8 Å². The van der Waals surface area contributed by atoms with E-state index in [9.17, 15) is 18.0 Å². The number of hydrogen-bond donors (Lipinski definition) is 3. The molecule has 0 aliphatic rings. The number of halogens is 4. The molecule has 3 rings (SSSR count). The number of urea groups is 1. The number of hydrogen-bond acceptors (Lipinski definition) is 3. The van der Waals surface area contributed by atoms with Crippen molar-refractivity contribution in [2.75, 3.05) is 17.6 Å². The Bertz CT molecular complexity index is 1060. The molecular weight excluding hydrogens is 431 g/mol. The van der Waals surface area contributed by atoms with Crippen LogP contribution in [0.4, 0.5) is 29.5 Å². The molecule has 4 N–H and O–H groups in total. The maximum atomic E-state index is 12.9. The first-order valence-electron chi connectivity index (χ1n) is 9.43. The van der Waals surface area contributed by atoms with E-state index >= 15 is 0 Å². The van der Waals surface area contributed by atoms with E-state index in [0.717, 1.165) is 12.1 Å². The lowest BCUT2D eigenvalue weighted by Gasteiger charge is -2.11. The van der Waals surface area contributed by atoms with Crippen molar-refractivity contribution in [1.82, 2.24) is 15.1 Å². The number of nitrogens with two attached hydrogens (primary N) is 1. The fraction of sp³-hybridized carbons (Fsp3) is 0.238. The topological polar surface area (TPSA) is 85.0 Å². The van der Waals surface area contributed by atoms with Crippen molar-refractivity contribution in [3.05, 3.63) is 59.1 Å². The van der Waals surface area contributed by atoms with Crippen LogP contribution in [0.2, 0.25) is 5.02 Å². The Labute approximate surface area is 182 Å². The second-order valence-electron chi connectivity index (χ2n) is 7.30. The molecule has 0 aliphatic carbocycles. The summed E-state index contributed by atoms with van der Waals surface area (Å²) in [5, 5.41) is 10.4. The molecule has 0 radical (unpaired) electrons. The second kappa shape index (κ2) is 8.89. The predicted molar refractivity (Wildman–Crippen MR) is 115 cm³/mol. The first-order valence-corrected chi connectivity index (χ1v) is 9.81. The number of nitrogen functional groups attached to an aromatic ring is 1. The van der Waals surface area contributed by atoms with Crippen molar-refractivity contribution in [3.63, 3.8) is 0 Å². The third-order valence-corrected chi connectivity index (χ3v) is 4.64. The number of carbonyl (C=O) groups excluding carboxylic acids is 1. The summed E-state index contributed by atoms with van der Waals surface area (Å²) < 4.78 is 39.9. The van der Waals surface area contributed by atoms with Gasteiger partial charge in [-0.05, 0) is 42.3 Å². The molecule has 0 bridgehead atoms. The summed E-state index contributed by atoms with van der Waals surface area (Å²) in [6.45, 7) is 4.36. The first-order chi connectivity index (χ1) is 14.6. The Morgan fingerprint density at radius 3 is 2.29 bits per heavy atom. The average Bonchev–Trinajstić information content (AvgIpc) is 3.03. The Morgan fingerprint density at radius 2 is 1.74 bits per heavy atom. The minimum absolute atomic E-state index is 0.0735. The van der Waals surface area contributed by atoms with Gasteiger partial charge in [-0.3, -0.25) is 0 Å². The standard InChI is InChI=1S/C21H21ClF3N5O/c1-12(2)11-27-20(31)28-18-17(13-3-7-15(22)8-4-13)29-30(19(18)26)16-9-5-14(6-10-16)21(23,24)25/h3-10,12H,11,26H2,1-2H3,(H2,27,28,31). The summed E-state index contributed by atoms with van der Waals surface area (Å²) in [6, 6.07) is 10.7. The molecule has 0 atom stereocenters. The number of amides is 2. The Hall–Kier alpha value is -3.20. The molecule has 0 saturated heterocycles. The second-order valence-corrected chi connectivity index (χ2v) is 7.74. The summed E-state index contributed by atoms with van der Waals surface area (Å²) in [7, 11) is 0. The number of nitrogens with zero attached hydrogens (tertiary/aromatic N) is 2. The van der Waals surface area contributed by atoms with Crippen molar-refractivity contribution >= 4 is 29.1 Å². The molecule has 0 spiro atoms. The largest absolute Gasteiger partial charge is 0.416 e. The number of nitrogens with one attached hydrogen (secondary N) is 2. The Morgan fingerprint density at radius 1 is 1.13 bits per heavy atom. The summed E-state index contributed by atoms with van der Waals surface area (Å²) in [5.74, 6) is 0.318. The zero-order valence-electron chi connectivity index (χ0n) is 16.8. The number of alkyl halides is 3. The van der Waals surface area contributed by atoms with Crippen molar-refractivity contribution in [1.29, 1.82) is 0 Å². The van der Waals surface area contributed by atoms with Crippen LogP contribution in [0.15, 0.2) is 48.5 Å². The molecule has 164 valence electrons. The van der Waals surface area contributed by atoms with Crippen LogP contribution in [0.1, 0.15) is 19.4 Å². The van der Waals surface area contributed by atoms with Gasteiger partial charge in [-0.15, -0.1) is 0 Å². The van der Waals surface area contributed by atoms with Crippen molar-refractivity contribution in [2.24, 2.45) is 5.92 Å². The van der Waals surface area contributed by atoms with Crippen LogP contribution in [-0.4, -0.2) is 22.4 Å². The highest BCUT2D eigenvalue weighted by atomic mass is 35.5. The highest BCUT2D eigenvalue weighted by molar-refractivity contribution is 6.30. The van der Waals surface area contributed by atoms with E-state index in [4.69, 9.17) is 17.3 Å². The van der Waals surface area contributed by atoms with E-state index in [0.29, 0.717) is 28.5 Å². The highest BCUT2D eigenvalue weighted by Crippen LogP contribution is 2.35. The molecule has 1 heterocycles. The van der Waals surface area contributed by atoms with Gasteiger partial charge >= 0.3 is 12.2 Å². The monoisotopic (exact) mass is 451 g/mol. The normalized spacial score (nSPS) is 11.6. The maximum absolute atomic E-state index is 12.9. The lowest BCUT2D eigenvalue weighted by Crippen LogP contribution is -2.32. The number of carbonyl (C=O) groups is 1. The van der Waals surface area contributed by atoms with Crippen molar-refractivity contribution < 1.29 is 18.0 Å². The summed E-state index contributed by atoms with van der Waals surface area (Å²) in [5.41, 5.74) is 6.99. The summed E-state index contributed by atoms with van der Waals surface area (Å²) >= 11 is 5.96. The number of benzene rings is 2. The molecule has 0 fully saturated rings. The Balaban J connectivity index is 2.03. The molecule has 2 aromatic carbocycles. The average molecular weight is 452 g/mol. The van der Waals surface area contributed by atoms with Gasteiger partial charge in [0.25, 0.3) is 0 Å². The molecule has 2 amide bonds. The zero-order chi connectivity index (χ0) is 22.8. The van der Waals surface area contributed by atoms with Gasteiger partial charge in [-0.2, -0.15) is 18.3 Å². The molecule has 0 saturated carbocycles. The minimum Gasteiger partial charge on any atom is -0.382 e. The van der Waals surface area contributed by atoms with Gasteiger partial charge in [0.2, 0.25) is 0 Å². The van der Waals surface area contributed by atoms with Crippen LogP contribution in [-0.2, 0) is 6.18 Å². The van der Waals surface area contributed by atoms with Crippen molar-refractivity contribution in [3.8, 4) is 16.9 Å². The van der Waals surface area contributed by atoms with E-state index in [1.54, 1.807) is 24.3 Å². The van der Waals surface area contributed by atoms with Gasteiger partial charge in [0.15, 0.2) is 5.82 Å². The molecular formula is C21H21ClF3N5O. The van der Waals surface area contributed by atoms with E-state index in [-0.39, 0.29) is 17.4 Å². The fourth-order valence-electron chi connectivity index (χ4n) is 2.81. The van der Waals surface area contributed by atoms with Crippen LogP contribution >= 0.6 is 11.6 Å². The minimum atomic E-state index is -4.45. The van der Waals surface area contributed by atoms with Crippen LogP contribution in [0.25, 0.3) is 16.9 Å². The molecule has 0 aliphatic heterocycles. The molecule has 3 aromatic rings. The van der Waals surface area contributed by atoms with E-state index in [2.05, 4.69) is 15.7 Å². The Kier molecular flexibility index (Phi) is 6.45. The quantitative estimate of drug-likeness (QED) is 0.474. The number of anilines is 2. The number of rotatable bonds is 5. The zero-order valence-corrected chi connectivity index (χ0v) is 17.6.